The molecular weight excluding hydrogens is 196 g/mol. The Morgan fingerprint density at radius 2 is 1.75 bits per heavy atom. The summed E-state index contributed by atoms with van der Waals surface area (Å²) < 4.78 is 5.41. The third-order valence-corrected chi connectivity index (χ3v) is 3.00. The Bertz CT molecular complexity index is 411. The molecule has 0 saturated carbocycles. The van der Waals surface area contributed by atoms with Crippen LogP contribution in [0, 0.1) is 0 Å². The van der Waals surface area contributed by atoms with Crippen LogP contribution in [0.25, 0.3) is 0 Å². The van der Waals surface area contributed by atoms with Gasteiger partial charge >= 0.3 is 0 Å². The molecular formula is C15H18O. The van der Waals surface area contributed by atoms with Gasteiger partial charge in [0.1, 0.15) is 5.76 Å². The number of rotatable bonds is 4. The first-order valence-electron chi connectivity index (χ1n) is 5.91. The number of aryl methyl sites for hydroxylation is 1. The second-order valence-electron chi connectivity index (χ2n) is 4.29. The average Bonchev–Trinajstić information content (AvgIpc) is 2.83. The molecule has 2 rings (SSSR count). The van der Waals surface area contributed by atoms with Crippen molar-refractivity contribution in [3.8, 4) is 0 Å². The van der Waals surface area contributed by atoms with Crippen molar-refractivity contribution in [2.24, 2.45) is 0 Å². The predicted octanol–water partition coefficient (Wildman–Crippen LogP) is 4.19. The second kappa shape index (κ2) is 5.02. The highest BCUT2D eigenvalue weighted by Crippen LogP contribution is 2.20. The average molecular weight is 214 g/mol. The summed E-state index contributed by atoms with van der Waals surface area (Å²) in [6, 6.07) is 12.9. The van der Waals surface area contributed by atoms with E-state index in [-0.39, 0.29) is 0 Å². The fourth-order valence-corrected chi connectivity index (χ4v) is 1.94. The Morgan fingerprint density at radius 3 is 2.31 bits per heavy atom. The molecule has 0 aliphatic rings. The SMILES string of the molecule is CCc1ccc(CC(C)c2ccco2)cc1. The number of hydrogen-bond donors (Lipinski definition) is 0. The molecule has 1 aromatic carbocycles. The van der Waals surface area contributed by atoms with Crippen LogP contribution in [0.5, 0.6) is 0 Å². The zero-order valence-corrected chi connectivity index (χ0v) is 9.94. The van der Waals surface area contributed by atoms with Gasteiger partial charge in [-0.05, 0) is 36.1 Å². The van der Waals surface area contributed by atoms with E-state index < -0.39 is 0 Å². The molecule has 1 heterocycles. The minimum Gasteiger partial charge on any atom is -0.469 e. The normalized spacial score (nSPS) is 12.6. The van der Waals surface area contributed by atoms with Gasteiger partial charge in [-0.3, -0.25) is 0 Å². The first-order chi connectivity index (χ1) is 7.79. The van der Waals surface area contributed by atoms with E-state index in [1.807, 2.05) is 12.1 Å². The van der Waals surface area contributed by atoms with E-state index in [0.29, 0.717) is 5.92 Å². The number of benzene rings is 1. The summed E-state index contributed by atoms with van der Waals surface area (Å²) in [4.78, 5) is 0. The molecule has 2 aromatic rings. The monoisotopic (exact) mass is 214 g/mol. The van der Waals surface area contributed by atoms with E-state index in [1.165, 1.54) is 11.1 Å². The zero-order valence-electron chi connectivity index (χ0n) is 9.94. The van der Waals surface area contributed by atoms with Crippen molar-refractivity contribution in [2.75, 3.05) is 0 Å². The maximum atomic E-state index is 5.41. The molecule has 0 saturated heterocycles. The highest BCUT2D eigenvalue weighted by molar-refractivity contribution is 5.24. The van der Waals surface area contributed by atoms with Gasteiger partial charge in [0.05, 0.1) is 6.26 Å². The molecule has 0 bridgehead atoms. The smallest absolute Gasteiger partial charge is 0.106 e. The van der Waals surface area contributed by atoms with Gasteiger partial charge in [-0.1, -0.05) is 38.1 Å². The van der Waals surface area contributed by atoms with Crippen molar-refractivity contribution in [3.05, 3.63) is 59.5 Å². The summed E-state index contributed by atoms with van der Waals surface area (Å²) in [7, 11) is 0. The molecule has 1 heteroatoms. The van der Waals surface area contributed by atoms with Gasteiger partial charge in [-0.15, -0.1) is 0 Å². The van der Waals surface area contributed by atoms with E-state index in [4.69, 9.17) is 4.42 Å². The van der Waals surface area contributed by atoms with Crippen molar-refractivity contribution in [2.45, 2.75) is 32.6 Å². The highest BCUT2D eigenvalue weighted by atomic mass is 16.3. The maximum absolute atomic E-state index is 5.41. The van der Waals surface area contributed by atoms with Crippen LogP contribution in [0.4, 0.5) is 0 Å². The Balaban J connectivity index is 2.03. The van der Waals surface area contributed by atoms with Crippen molar-refractivity contribution >= 4 is 0 Å². The first-order valence-corrected chi connectivity index (χ1v) is 5.91. The molecule has 0 aliphatic heterocycles. The van der Waals surface area contributed by atoms with Crippen molar-refractivity contribution in [3.63, 3.8) is 0 Å². The van der Waals surface area contributed by atoms with Crippen LogP contribution in [-0.4, -0.2) is 0 Å². The van der Waals surface area contributed by atoms with Gasteiger partial charge in [-0.2, -0.15) is 0 Å². The van der Waals surface area contributed by atoms with Crippen molar-refractivity contribution in [1.29, 1.82) is 0 Å². The number of furan rings is 1. The third-order valence-electron chi connectivity index (χ3n) is 3.00. The van der Waals surface area contributed by atoms with Gasteiger partial charge < -0.3 is 4.42 Å². The molecule has 0 radical (unpaired) electrons. The molecule has 84 valence electrons. The summed E-state index contributed by atoms with van der Waals surface area (Å²) in [5.41, 5.74) is 2.77. The summed E-state index contributed by atoms with van der Waals surface area (Å²) in [6.07, 6.45) is 3.89. The molecule has 0 fully saturated rings. The van der Waals surface area contributed by atoms with Gasteiger partial charge in [0.15, 0.2) is 0 Å². The maximum Gasteiger partial charge on any atom is 0.106 e. The summed E-state index contributed by atoms with van der Waals surface area (Å²) in [5, 5.41) is 0. The van der Waals surface area contributed by atoms with Crippen LogP contribution < -0.4 is 0 Å². The van der Waals surface area contributed by atoms with Gasteiger partial charge in [0, 0.05) is 5.92 Å². The Kier molecular flexibility index (Phi) is 3.45. The van der Waals surface area contributed by atoms with Gasteiger partial charge in [0.25, 0.3) is 0 Å². The largest absolute Gasteiger partial charge is 0.469 e. The van der Waals surface area contributed by atoms with Crippen LogP contribution in [0.2, 0.25) is 0 Å². The molecule has 0 N–H and O–H groups in total. The zero-order chi connectivity index (χ0) is 11.4. The van der Waals surface area contributed by atoms with Crippen LogP contribution in [-0.2, 0) is 12.8 Å². The fraction of sp³-hybridized carbons (Fsp3) is 0.333. The lowest BCUT2D eigenvalue weighted by Crippen LogP contribution is -1.97. The molecule has 1 aromatic heterocycles. The van der Waals surface area contributed by atoms with E-state index >= 15 is 0 Å². The molecule has 0 amide bonds. The van der Waals surface area contributed by atoms with Gasteiger partial charge in [-0.25, -0.2) is 0 Å². The summed E-state index contributed by atoms with van der Waals surface area (Å²) in [6.45, 7) is 4.38. The lowest BCUT2D eigenvalue weighted by Gasteiger charge is -2.08. The quantitative estimate of drug-likeness (QED) is 0.743. The van der Waals surface area contributed by atoms with Crippen LogP contribution in [0.15, 0.2) is 47.1 Å². The molecule has 16 heavy (non-hydrogen) atoms. The van der Waals surface area contributed by atoms with E-state index in [1.54, 1.807) is 6.26 Å². The lowest BCUT2D eigenvalue weighted by atomic mass is 9.98. The minimum atomic E-state index is 0.447. The molecule has 1 atom stereocenters. The van der Waals surface area contributed by atoms with Gasteiger partial charge in [0.2, 0.25) is 0 Å². The minimum absolute atomic E-state index is 0.447. The van der Waals surface area contributed by atoms with E-state index in [0.717, 1.165) is 18.6 Å². The molecule has 1 unspecified atom stereocenters. The number of hydrogen-bond acceptors (Lipinski definition) is 1. The summed E-state index contributed by atoms with van der Waals surface area (Å²) >= 11 is 0. The Hall–Kier alpha value is -1.50. The van der Waals surface area contributed by atoms with E-state index in [2.05, 4.69) is 38.1 Å². The van der Waals surface area contributed by atoms with Crippen LogP contribution in [0.1, 0.15) is 36.7 Å². The summed E-state index contributed by atoms with van der Waals surface area (Å²) in [5.74, 6) is 1.52. The highest BCUT2D eigenvalue weighted by Gasteiger charge is 2.08. The Labute approximate surface area is 97.1 Å². The van der Waals surface area contributed by atoms with Crippen molar-refractivity contribution < 1.29 is 4.42 Å². The molecule has 0 spiro atoms. The second-order valence-corrected chi connectivity index (χ2v) is 4.29. The van der Waals surface area contributed by atoms with Crippen LogP contribution >= 0.6 is 0 Å². The van der Waals surface area contributed by atoms with Crippen molar-refractivity contribution in [1.82, 2.24) is 0 Å². The van der Waals surface area contributed by atoms with Crippen LogP contribution in [0.3, 0.4) is 0 Å². The Morgan fingerprint density at radius 1 is 1.06 bits per heavy atom. The fourth-order valence-electron chi connectivity index (χ4n) is 1.94. The first kappa shape index (κ1) is 11.0. The molecule has 1 nitrogen and oxygen atoms in total. The standard InChI is InChI=1S/C15H18O/c1-3-13-6-8-14(9-7-13)11-12(2)15-5-4-10-16-15/h4-10,12H,3,11H2,1-2H3. The molecule has 0 aliphatic carbocycles. The third kappa shape index (κ3) is 2.54. The lowest BCUT2D eigenvalue weighted by molar-refractivity contribution is 0.473. The van der Waals surface area contributed by atoms with E-state index in [9.17, 15) is 0 Å². The topological polar surface area (TPSA) is 13.1 Å². The predicted molar refractivity (Wildman–Crippen MR) is 66.6 cm³/mol.